The highest BCUT2D eigenvalue weighted by Gasteiger charge is 2.25. The first-order valence-corrected chi connectivity index (χ1v) is 18.9. The minimum absolute atomic E-state index is 0.655. The Labute approximate surface area is 324 Å². The summed E-state index contributed by atoms with van der Waals surface area (Å²) in [5.74, 6) is 0.703. The van der Waals surface area contributed by atoms with Crippen molar-refractivity contribution in [2.75, 3.05) is 0 Å². The van der Waals surface area contributed by atoms with Crippen LogP contribution in [0.5, 0.6) is 0 Å². The molecule has 0 unspecified atom stereocenters. The van der Waals surface area contributed by atoms with Crippen LogP contribution in [0.15, 0.2) is 188 Å². The standard InChI is InChI=1S/C53H31N3/c54-32-33-18-20-34(21-19-33)39-26-27-46-40-14-7-8-15-41(40)47-29-28-45(51(39)52(46)47)42-16-9-17-43-44(42)25-24-35-22-23-38(30-48(35)43)50-31-49(36-10-3-1-4-11-36)55-53(56-50)37-12-5-2-6-13-37/h1-31H. The number of benzene rings is 9. The van der Waals surface area contributed by atoms with Crippen molar-refractivity contribution < 1.29 is 0 Å². The molecule has 0 spiro atoms. The molecule has 11 rings (SSSR count). The Morgan fingerprint density at radius 1 is 0.339 bits per heavy atom. The summed E-state index contributed by atoms with van der Waals surface area (Å²) in [5, 5.41) is 16.8. The third-order valence-corrected chi connectivity index (χ3v) is 11.3. The maximum atomic E-state index is 9.57. The first kappa shape index (κ1) is 31.8. The number of hydrogen-bond donors (Lipinski definition) is 0. The summed E-state index contributed by atoms with van der Waals surface area (Å²) in [5.41, 5.74) is 15.2. The van der Waals surface area contributed by atoms with Crippen LogP contribution >= 0.6 is 0 Å². The molecule has 3 heteroatoms. The van der Waals surface area contributed by atoms with Gasteiger partial charge < -0.3 is 0 Å². The lowest BCUT2D eigenvalue weighted by Gasteiger charge is -2.17. The van der Waals surface area contributed by atoms with Gasteiger partial charge in [-0.2, -0.15) is 5.26 Å². The van der Waals surface area contributed by atoms with Crippen LogP contribution in [0.1, 0.15) is 5.56 Å². The van der Waals surface area contributed by atoms with Crippen molar-refractivity contribution in [1.82, 2.24) is 9.97 Å². The molecule has 10 aromatic rings. The molecule has 0 bridgehead atoms. The number of hydrogen-bond acceptors (Lipinski definition) is 3. The zero-order valence-electron chi connectivity index (χ0n) is 30.2. The fourth-order valence-electron chi connectivity index (χ4n) is 8.64. The molecular formula is C53H31N3. The molecule has 56 heavy (non-hydrogen) atoms. The van der Waals surface area contributed by atoms with Gasteiger partial charge in [0.15, 0.2) is 5.82 Å². The monoisotopic (exact) mass is 709 g/mol. The Hall–Kier alpha value is -7.67. The van der Waals surface area contributed by atoms with Gasteiger partial charge in [0.1, 0.15) is 0 Å². The molecule has 0 atom stereocenters. The van der Waals surface area contributed by atoms with Crippen LogP contribution in [0.2, 0.25) is 0 Å². The van der Waals surface area contributed by atoms with Crippen LogP contribution < -0.4 is 0 Å². The van der Waals surface area contributed by atoms with Crippen molar-refractivity contribution in [3.8, 4) is 84.5 Å². The van der Waals surface area contributed by atoms with Gasteiger partial charge in [-0.05, 0) is 101 Å². The molecule has 258 valence electrons. The lowest BCUT2D eigenvalue weighted by Crippen LogP contribution is -1.96. The van der Waals surface area contributed by atoms with Crippen molar-refractivity contribution in [2.45, 2.75) is 0 Å². The van der Waals surface area contributed by atoms with Crippen LogP contribution in [-0.4, -0.2) is 9.97 Å². The number of nitrogens with zero attached hydrogens (tertiary/aromatic N) is 3. The van der Waals surface area contributed by atoms with Crippen LogP contribution in [0, 0.1) is 11.3 Å². The SMILES string of the molecule is N#Cc1ccc(-c2ccc3c4c(ccc(-c5cccc6c5ccc5ccc(-c7cc(-c8ccccc8)nc(-c8ccccc8)n7)cc56)c24)-c2ccccc2-3)cc1. The Kier molecular flexibility index (Phi) is 7.23. The lowest BCUT2D eigenvalue weighted by atomic mass is 9.86. The van der Waals surface area contributed by atoms with Gasteiger partial charge in [0.2, 0.25) is 0 Å². The lowest BCUT2D eigenvalue weighted by molar-refractivity contribution is 1.18. The molecule has 3 nitrogen and oxygen atoms in total. The molecule has 0 N–H and O–H groups in total. The van der Waals surface area contributed by atoms with Gasteiger partial charge in [0.25, 0.3) is 0 Å². The zero-order chi connectivity index (χ0) is 37.2. The summed E-state index contributed by atoms with van der Waals surface area (Å²) in [6.07, 6.45) is 0. The molecule has 9 aromatic carbocycles. The molecule has 1 aliphatic carbocycles. The second-order valence-corrected chi connectivity index (χ2v) is 14.4. The van der Waals surface area contributed by atoms with Crippen LogP contribution in [0.4, 0.5) is 0 Å². The molecule has 0 aliphatic heterocycles. The van der Waals surface area contributed by atoms with Gasteiger partial charge in [-0.25, -0.2) is 9.97 Å². The minimum atomic E-state index is 0.655. The maximum Gasteiger partial charge on any atom is 0.160 e. The molecule has 0 saturated heterocycles. The summed E-state index contributed by atoms with van der Waals surface area (Å²) in [4.78, 5) is 10.2. The molecule has 0 amide bonds. The molecule has 0 fully saturated rings. The maximum absolute atomic E-state index is 9.57. The molecule has 0 saturated carbocycles. The van der Waals surface area contributed by atoms with Crippen LogP contribution in [-0.2, 0) is 0 Å². The number of aromatic nitrogens is 2. The highest BCUT2D eigenvalue weighted by Crippen LogP contribution is 2.52. The summed E-state index contributed by atoms with van der Waals surface area (Å²) >= 11 is 0. The molecule has 1 aromatic heterocycles. The van der Waals surface area contributed by atoms with E-state index in [1.165, 1.54) is 65.7 Å². The second-order valence-electron chi connectivity index (χ2n) is 14.4. The van der Waals surface area contributed by atoms with E-state index >= 15 is 0 Å². The molecular weight excluding hydrogens is 679 g/mol. The van der Waals surface area contributed by atoms with E-state index in [-0.39, 0.29) is 0 Å². The van der Waals surface area contributed by atoms with Crippen LogP contribution in [0.3, 0.4) is 0 Å². The van der Waals surface area contributed by atoms with E-state index in [1.54, 1.807) is 0 Å². The largest absolute Gasteiger partial charge is 0.228 e. The predicted molar refractivity (Wildman–Crippen MR) is 231 cm³/mol. The van der Waals surface area contributed by atoms with E-state index in [9.17, 15) is 5.26 Å². The Balaban J connectivity index is 1.13. The smallest absolute Gasteiger partial charge is 0.160 e. The summed E-state index contributed by atoms with van der Waals surface area (Å²) in [6.45, 7) is 0. The third-order valence-electron chi connectivity index (χ3n) is 11.3. The quantitative estimate of drug-likeness (QED) is 0.167. The summed E-state index contributed by atoms with van der Waals surface area (Å²) < 4.78 is 0. The first-order valence-electron chi connectivity index (χ1n) is 18.9. The molecule has 1 aliphatic rings. The highest BCUT2D eigenvalue weighted by atomic mass is 14.9. The fraction of sp³-hybridized carbons (Fsp3) is 0. The second kappa shape index (κ2) is 12.7. The number of nitriles is 1. The normalized spacial score (nSPS) is 11.6. The van der Waals surface area contributed by atoms with Crippen molar-refractivity contribution in [3.05, 3.63) is 194 Å². The zero-order valence-corrected chi connectivity index (χ0v) is 30.2. The third kappa shape index (κ3) is 5.05. The first-order chi connectivity index (χ1) is 27.7. The van der Waals surface area contributed by atoms with Crippen molar-refractivity contribution in [3.63, 3.8) is 0 Å². The van der Waals surface area contributed by atoms with E-state index < -0.39 is 0 Å². The minimum Gasteiger partial charge on any atom is -0.228 e. The van der Waals surface area contributed by atoms with E-state index in [2.05, 4.69) is 146 Å². The topological polar surface area (TPSA) is 49.6 Å². The average molecular weight is 710 g/mol. The van der Waals surface area contributed by atoms with Gasteiger partial charge in [-0.1, -0.05) is 164 Å². The van der Waals surface area contributed by atoms with Gasteiger partial charge >= 0.3 is 0 Å². The van der Waals surface area contributed by atoms with Gasteiger partial charge in [-0.3, -0.25) is 0 Å². The van der Waals surface area contributed by atoms with E-state index in [1.807, 2.05) is 48.5 Å². The van der Waals surface area contributed by atoms with Crippen molar-refractivity contribution >= 4 is 32.3 Å². The van der Waals surface area contributed by atoms with Crippen molar-refractivity contribution in [2.24, 2.45) is 0 Å². The Morgan fingerprint density at radius 3 is 1.59 bits per heavy atom. The van der Waals surface area contributed by atoms with Gasteiger partial charge in [0, 0.05) is 16.7 Å². The predicted octanol–water partition coefficient (Wildman–Crippen LogP) is 13.8. The van der Waals surface area contributed by atoms with E-state index in [4.69, 9.17) is 9.97 Å². The van der Waals surface area contributed by atoms with E-state index in [0.29, 0.717) is 11.4 Å². The highest BCUT2D eigenvalue weighted by molar-refractivity contribution is 6.24. The molecule has 1 heterocycles. The average Bonchev–Trinajstić information content (AvgIpc) is 3.61. The summed E-state index contributed by atoms with van der Waals surface area (Å²) in [6, 6.07) is 68.7. The van der Waals surface area contributed by atoms with Crippen LogP contribution in [0.25, 0.3) is 111 Å². The number of rotatable bonds is 5. The van der Waals surface area contributed by atoms with Gasteiger partial charge in [0.05, 0.1) is 23.0 Å². The van der Waals surface area contributed by atoms with E-state index in [0.717, 1.165) is 39.2 Å². The van der Waals surface area contributed by atoms with Crippen molar-refractivity contribution in [1.29, 1.82) is 5.26 Å². The fourth-order valence-corrected chi connectivity index (χ4v) is 8.64. The van der Waals surface area contributed by atoms with Gasteiger partial charge in [-0.15, -0.1) is 0 Å². The summed E-state index contributed by atoms with van der Waals surface area (Å²) in [7, 11) is 0. The number of fused-ring (bicyclic) bond motifs is 6. The Morgan fingerprint density at radius 2 is 0.893 bits per heavy atom. The Bertz CT molecular complexity index is 3140. The molecule has 0 radical (unpaired) electrons.